The quantitative estimate of drug-likeness (QED) is 0.0673. The molecule has 6 aromatic carbocycles. The second-order valence-electron chi connectivity index (χ2n) is 17.6. The van der Waals surface area contributed by atoms with Crippen LogP contribution in [0, 0.1) is 0 Å². The Morgan fingerprint density at radius 2 is 0.829 bits per heavy atom. The van der Waals surface area contributed by atoms with Crippen LogP contribution in [0.15, 0.2) is 48.5 Å². The number of phenols is 16. The van der Waals surface area contributed by atoms with Crippen molar-refractivity contribution in [1.82, 2.24) is 0 Å². The average molecular weight is 1060 g/mol. The SMILES string of the molecule is O=C1OC[C@H]2O[C@@H](c3c(O)cc(O)c4c3O[C@H](c3ccc(O)c(O)c3)[C@@H](O)C4)[C@@H]3OC(=O)c4cc(O)c(O)c(O)c4-c4c(cc(O)c(O)c4O)C(=O)O[C@H]3[C@@H]2OC(=O)c2cc(O)c(O)c(O)c2-c2c1cc(O)c(O)c2O. The lowest BCUT2D eigenvalue weighted by Gasteiger charge is -2.46. The molecule has 0 amide bonds. The van der Waals surface area contributed by atoms with E-state index >= 15 is 0 Å². The molecule has 0 bridgehead atoms. The van der Waals surface area contributed by atoms with Gasteiger partial charge in [0.2, 0.25) is 23.0 Å². The number of hydrogen-bond acceptors (Lipinski definition) is 27. The van der Waals surface area contributed by atoms with Crippen LogP contribution in [0.3, 0.4) is 0 Å². The molecule has 4 aliphatic rings. The number of cyclic esters (lactones) is 1. The summed E-state index contributed by atoms with van der Waals surface area (Å²) in [4.78, 5) is 58.7. The summed E-state index contributed by atoms with van der Waals surface area (Å²) in [6.07, 6.45) is -15.5. The Morgan fingerprint density at radius 1 is 0.395 bits per heavy atom. The Kier molecular flexibility index (Phi) is 11.3. The molecule has 4 heterocycles. The van der Waals surface area contributed by atoms with Crippen LogP contribution in [-0.4, -0.2) is 148 Å². The van der Waals surface area contributed by atoms with E-state index in [1.54, 1.807) is 0 Å². The molecule has 1 fully saturated rings. The summed E-state index contributed by atoms with van der Waals surface area (Å²) in [6.45, 7) is -1.24. The van der Waals surface area contributed by atoms with Crippen molar-refractivity contribution in [3.05, 3.63) is 87.5 Å². The second kappa shape index (κ2) is 17.4. The molecule has 17 N–H and O–H groups in total. The lowest BCUT2D eigenvalue weighted by Crippen LogP contribution is -2.60. The minimum atomic E-state index is -2.51. The summed E-state index contributed by atoms with van der Waals surface area (Å²) in [5.74, 6) is -26.8. The van der Waals surface area contributed by atoms with Crippen molar-refractivity contribution in [2.24, 2.45) is 0 Å². The monoisotopic (exact) mass is 1060 g/mol. The molecule has 10 rings (SSSR count). The predicted octanol–water partition coefficient (Wildman–Crippen LogP) is 2.95. The van der Waals surface area contributed by atoms with E-state index in [2.05, 4.69) is 0 Å². The maximum atomic E-state index is 14.9. The zero-order valence-electron chi connectivity index (χ0n) is 37.8. The lowest BCUT2D eigenvalue weighted by molar-refractivity contribution is -0.232. The van der Waals surface area contributed by atoms with Crippen molar-refractivity contribution in [3.8, 4) is 120 Å². The van der Waals surface area contributed by atoms with Gasteiger partial charge in [0, 0.05) is 40.3 Å². The van der Waals surface area contributed by atoms with E-state index in [1.165, 1.54) is 6.07 Å². The van der Waals surface area contributed by atoms with Gasteiger partial charge in [-0.25, -0.2) is 19.2 Å². The van der Waals surface area contributed by atoms with Crippen molar-refractivity contribution < 1.29 is 134 Å². The zero-order chi connectivity index (χ0) is 54.8. The molecule has 4 aliphatic heterocycles. The third kappa shape index (κ3) is 7.43. The van der Waals surface area contributed by atoms with Gasteiger partial charge in [-0.05, 0) is 42.0 Å². The van der Waals surface area contributed by atoms with E-state index in [0.717, 1.165) is 12.1 Å². The maximum absolute atomic E-state index is 14.9. The van der Waals surface area contributed by atoms with Crippen LogP contribution in [-0.2, 0) is 30.1 Å². The molecule has 0 aromatic heterocycles. The van der Waals surface area contributed by atoms with Crippen molar-refractivity contribution in [3.63, 3.8) is 0 Å². The predicted molar refractivity (Wildman–Crippen MR) is 242 cm³/mol. The van der Waals surface area contributed by atoms with Crippen LogP contribution in [0.1, 0.15) is 70.3 Å². The van der Waals surface area contributed by atoms with Gasteiger partial charge < -0.3 is 115 Å². The van der Waals surface area contributed by atoms with Crippen LogP contribution in [0.2, 0.25) is 0 Å². The fourth-order valence-electron chi connectivity index (χ4n) is 9.54. The van der Waals surface area contributed by atoms with Gasteiger partial charge in [0.15, 0.2) is 75.8 Å². The van der Waals surface area contributed by atoms with Gasteiger partial charge in [-0.3, -0.25) is 0 Å². The lowest BCUT2D eigenvalue weighted by atomic mass is 9.85. The number of aliphatic hydroxyl groups is 1. The largest absolute Gasteiger partial charge is 0.507 e. The number of rotatable bonds is 2. The third-order valence-corrected chi connectivity index (χ3v) is 13.1. The zero-order valence-corrected chi connectivity index (χ0v) is 37.8. The fourth-order valence-corrected chi connectivity index (χ4v) is 9.54. The summed E-state index contributed by atoms with van der Waals surface area (Å²) in [6, 6.07) is 5.75. The van der Waals surface area contributed by atoms with E-state index in [4.69, 9.17) is 28.4 Å². The second-order valence-corrected chi connectivity index (χ2v) is 17.6. The number of benzene rings is 6. The van der Waals surface area contributed by atoms with Gasteiger partial charge in [-0.1, -0.05) is 6.07 Å². The molecule has 6 aromatic rings. The third-order valence-electron chi connectivity index (χ3n) is 13.1. The first-order valence-electron chi connectivity index (χ1n) is 21.9. The number of phenolic OH excluding ortho intramolecular Hbond substituents is 16. The first kappa shape index (κ1) is 49.3. The Hall–Kier alpha value is -10.3. The van der Waals surface area contributed by atoms with Crippen molar-refractivity contribution in [2.45, 2.75) is 49.1 Å². The molecule has 0 spiro atoms. The molecule has 0 aliphatic carbocycles. The van der Waals surface area contributed by atoms with Gasteiger partial charge in [-0.2, -0.15) is 0 Å². The van der Waals surface area contributed by atoms with Gasteiger partial charge in [-0.15, -0.1) is 0 Å². The number of carbonyl (C=O) groups excluding carboxylic acids is 4. The topological polar surface area (TPSA) is 468 Å². The van der Waals surface area contributed by atoms with E-state index in [0.29, 0.717) is 30.3 Å². The van der Waals surface area contributed by atoms with E-state index in [9.17, 15) is 106 Å². The maximum Gasteiger partial charge on any atom is 0.339 e. The van der Waals surface area contributed by atoms with Crippen LogP contribution in [0.25, 0.3) is 22.3 Å². The smallest absolute Gasteiger partial charge is 0.339 e. The molecule has 76 heavy (non-hydrogen) atoms. The Bertz CT molecular complexity index is 3570. The molecule has 0 radical (unpaired) electrons. The number of aliphatic hydroxyl groups excluding tert-OH is 1. The Labute approximate surface area is 420 Å². The van der Waals surface area contributed by atoms with Crippen LogP contribution in [0.4, 0.5) is 0 Å². The number of carbonyl (C=O) groups is 4. The van der Waals surface area contributed by atoms with Gasteiger partial charge in [0.1, 0.15) is 42.2 Å². The first-order valence-corrected chi connectivity index (χ1v) is 21.9. The molecule has 1 saturated heterocycles. The highest BCUT2D eigenvalue weighted by Gasteiger charge is 2.57. The standard InChI is InChI=1S/C49H36O27/c50-17-2-1-11(3-19(17)52)40-25(58)4-12-18(51)9-20(53)31(41(12)73-40)43-45-44(75-48(69)15-7-23(56)34(61)38(65)29(15)30-16(49(70)76-45)8-24(57)35(62)39(30)66)42-26(72-43)10-71-46(67)13-5-21(54)32(59)36(63)27(13)28-14(47(68)74-42)6-22(55)33(60)37(28)64/h1-3,5-9,25-26,40,42-45,50-66H,4,10H2/t25-,26+,40+,42+,43-,44-,45-/m0/s1. The first-order chi connectivity index (χ1) is 35.9. The number of hydrogen-bond donors (Lipinski definition) is 17. The number of ether oxygens (including phenoxy) is 6. The molecule has 27 heteroatoms. The molecule has 0 unspecified atom stereocenters. The minimum Gasteiger partial charge on any atom is -0.507 e. The van der Waals surface area contributed by atoms with Crippen molar-refractivity contribution in [1.29, 1.82) is 0 Å². The number of esters is 4. The average Bonchev–Trinajstić information content (AvgIpc) is 3.40. The Balaban J connectivity index is 1.24. The summed E-state index contributed by atoms with van der Waals surface area (Å²) >= 11 is 0. The fraction of sp³-hybridized carbons (Fsp3) is 0.184. The molecule has 7 atom stereocenters. The summed E-state index contributed by atoms with van der Waals surface area (Å²) < 4.78 is 36.0. The summed E-state index contributed by atoms with van der Waals surface area (Å²) in [7, 11) is 0. The molecular formula is C49H36O27. The van der Waals surface area contributed by atoms with Crippen molar-refractivity contribution >= 4 is 23.9 Å². The number of fused-ring (bicyclic) bond motifs is 10. The van der Waals surface area contributed by atoms with E-state index in [1.807, 2.05) is 0 Å². The van der Waals surface area contributed by atoms with Gasteiger partial charge >= 0.3 is 23.9 Å². The van der Waals surface area contributed by atoms with Gasteiger partial charge in [0.05, 0.1) is 33.9 Å². The molecule has 0 saturated carbocycles. The molecular weight excluding hydrogens is 1020 g/mol. The van der Waals surface area contributed by atoms with E-state index < -0.39 is 227 Å². The molecule has 27 nitrogen and oxygen atoms in total. The Morgan fingerprint density at radius 3 is 1.29 bits per heavy atom. The number of aromatic hydroxyl groups is 16. The highest BCUT2D eigenvalue weighted by molar-refractivity contribution is 6.10. The van der Waals surface area contributed by atoms with Gasteiger partial charge in [0.25, 0.3) is 0 Å². The van der Waals surface area contributed by atoms with Crippen LogP contribution in [0.5, 0.6) is 97.7 Å². The molecule has 394 valence electrons. The summed E-state index contributed by atoms with van der Waals surface area (Å²) in [5, 5.41) is 185. The highest BCUT2D eigenvalue weighted by atomic mass is 16.7. The van der Waals surface area contributed by atoms with E-state index in [-0.39, 0.29) is 11.1 Å². The minimum absolute atomic E-state index is 0.0296. The van der Waals surface area contributed by atoms with Crippen LogP contribution < -0.4 is 4.74 Å². The normalized spacial score (nSPS) is 21.9. The highest BCUT2D eigenvalue weighted by Crippen LogP contribution is 2.57. The van der Waals surface area contributed by atoms with Crippen LogP contribution >= 0.6 is 0 Å². The summed E-state index contributed by atoms with van der Waals surface area (Å²) in [5.41, 5.74) is -9.51. The van der Waals surface area contributed by atoms with Crippen molar-refractivity contribution in [2.75, 3.05) is 6.61 Å².